The lowest BCUT2D eigenvalue weighted by molar-refractivity contribution is 0.0169. The van der Waals surface area contributed by atoms with Crippen LogP contribution in [-0.4, -0.2) is 0 Å². The quantitative estimate of drug-likeness (QED) is 0.700. The maximum absolute atomic E-state index is 13.1. The zero-order chi connectivity index (χ0) is 10.1. The van der Waals surface area contributed by atoms with Crippen molar-refractivity contribution in [3.63, 3.8) is 0 Å². The molecule has 0 fully saturated rings. The Morgan fingerprint density at radius 1 is 1.46 bits per heavy atom. The molecule has 1 aromatic rings. The summed E-state index contributed by atoms with van der Waals surface area (Å²) >= 11 is 8.83. The van der Waals surface area contributed by atoms with Crippen LogP contribution in [0.15, 0.2) is 18.2 Å². The molecule has 0 aliphatic heterocycles. The van der Waals surface area contributed by atoms with E-state index in [0.717, 1.165) is 6.92 Å². The zero-order valence-electron chi connectivity index (χ0n) is 6.95. The molecule has 0 nitrogen and oxygen atoms in total. The molecule has 0 aliphatic rings. The van der Waals surface area contributed by atoms with Crippen molar-refractivity contribution >= 4 is 27.5 Å². The highest BCUT2D eigenvalue weighted by Gasteiger charge is 2.29. The van der Waals surface area contributed by atoms with Crippen LogP contribution in [-0.2, 0) is 11.3 Å². The van der Waals surface area contributed by atoms with Crippen molar-refractivity contribution in [2.45, 2.75) is 18.2 Å². The highest BCUT2D eigenvalue weighted by Crippen LogP contribution is 2.36. The van der Waals surface area contributed by atoms with Crippen LogP contribution < -0.4 is 0 Å². The first-order valence-corrected chi connectivity index (χ1v) is 5.18. The third kappa shape index (κ3) is 2.41. The van der Waals surface area contributed by atoms with Gasteiger partial charge < -0.3 is 0 Å². The topological polar surface area (TPSA) is 0 Å². The first-order valence-electron chi connectivity index (χ1n) is 3.68. The number of hydrogen-bond donors (Lipinski definition) is 0. The summed E-state index contributed by atoms with van der Waals surface area (Å²) in [6, 6.07) is 4.77. The van der Waals surface area contributed by atoms with Gasteiger partial charge in [0.05, 0.1) is 5.02 Å². The summed E-state index contributed by atoms with van der Waals surface area (Å²) in [4.78, 5) is 0. The number of hydrogen-bond acceptors (Lipinski definition) is 0. The summed E-state index contributed by atoms with van der Waals surface area (Å²) < 4.78 is 26.1. The van der Waals surface area contributed by atoms with E-state index >= 15 is 0 Å². The van der Waals surface area contributed by atoms with Gasteiger partial charge in [-0.3, -0.25) is 0 Å². The van der Waals surface area contributed by atoms with Crippen molar-refractivity contribution < 1.29 is 8.78 Å². The van der Waals surface area contributed by atoms with Gasteiger partial charge >= 0.3 is 0 Å². The molecule has 0 heterocycles. The van der Waals surface area contributed by atoms with Gasteiger partial charge in [0.25, 0.3) is 5.92 Å². The summed E-state index contributed by atoms with van der Waals surface area (Å²) in [5.74, 6) is -2.89. The molecule has 0 atom stereocenters. The van der Waals surface area contributed by atoms with Crippen molar-refractivity contribution in [1.82, 2.24) is 0 Å². The lowest BCUT2D eigenvalue weighted by Crippen LogP contribution is -2.10. The molecule has 0 radical (unpaired) electrons. The maximum atomic E-state index is 13.1. The Kier molecular flexibility index (Phi) is 3.30. The Morgan fingerprint density at radius 3 is 2.46 bits per heavy atom. The lowest BCUT2D eigenvalue weighted by Gasteiger charge is -2.15. The molecule has 0 spiro atoms. The van der Waals surface area contributed by atoms with Crippen LogP contribution in [0.25, 0.3) is 0 Å². The second kappa shape index (κ2) is 3.93. The molecule has 13 heavy (non-hydrogen) atoms. The second-order valence-corrected chi connectivity index (χ2v) is 3.76. The molecule has 1 rings (SSSR count). The van der Waals surface area contributed by atoms with E-state index in [4.69, 9.17) is 11.6 Å². The smallest absolute Gasteiger partial charge is 0.202 e. The number of rotatable bonds is 2. The standard InChI is InChI=1S/C9H8BrClF2/c1-9(12,13)8-6(5-10)3-2-4-7(8)11/h2-4H,5H2,1H3. The Morgan fingerprint density at radius 2 is 2.08 bits per heavy atom. The fourth-order valence-corrected chi connectivity index (χ4v) is 2.00. The fraction of sp³-hybridized carbons (Fsp3) is 0.333. The zero-order valence-corrected chi connectivity index (χ0v) is 9.29. The van der Waals surface area contributed by atoms with Gasteiger partial charge in [0.2, 0.25) is 0 Å². The Balaban J connectivity index is 3.32. The van der Waals surface area contributed by atoms with Gasteiger partial charge in [-0.1, -0.05) is 39.7 Å². The van der Waals surface area contributed by atoms with E-state index in [0.29, 0.717) is 10.9 Å². The first kappa shape index (κ1) is 10.9. The predicted octanol–water partition coefficient (Wildman–Crippen LogP) is 4.35. The lowest BCUT2D eigenvalue weighted by atomic mass is 10.0. The van der Waals surface area contributed by atoms with Gasteiger partial charge in [0, 0.05) is 17.8 Å². The number of halogens is 4. The number of alkyl halides is 3. The first-order chi connectivity index (χ1) is 5.96. The Labute approximate surface area is 89.0 Å². The average Bonchev–Trinajstić information content (AvgIpc) is 2.01. The van der Waals surface area contributed by atoms with E-state index in [9.17, 15) is 8.78 Å². The van der Waals surface area contributed by atoms with E-state index in [2.05, 4.69) is 15.9 Å². The predicted molar refractivity (Wildman–Crippen MR) is 53.7 cm³/mol. The summed E-state index contributed by atoms with van der Waals surface area (Å²) in [6.07, 6.45) is 0. The minimum atomic E-state index is -2.89. The van der Waals surface area contributed by atoms with Crippen LogP contribution in [0.1, 0.15) is 18.1 Å². The van der Waals surface area contributed by atoms with Crippen LogP contribution in [0.2, 0.25) is 5.02 Å². The van der Waals surface area contributed by atoms with Gasteiger partial charge in [0.1, 0.15) is 0 Å². The molecule has 0 aromatic heterocycles. The van der Waals surface area contributed by atoms with Crippen LogP contribution >= 0.6 is 27.5 Å². The minimum absolute atomic E-state index is 0.0893. The molecule has 4 heteroatoms. The van der Waals surface area contributed by atoms with Crippen LogP contribution in [0.5, 0.6) is 0 Å². The van der Waals surface area contributed by atoms with Crippen molar-refractivity contribution in [3.8, 4) is 0 Å². The third-order valence-corrected chi connectivity index (χ3v) is 2.60. The van der Waals surface area contributed by atoms with E-state index in [1.54, 1.807) is 12.1 Å². The highest BCUT2D eigenvalue weighted by atomic mass is 79.9. The van der Waals surface area contributed by atoms with Crippen molar-refractivity contribution in [2.75, 3.05) is 0 Å². The molecular weight excluding hydrogens is 261 g/mol. The molecule has 0 saturated carbocycles. The molecule has 1 aromatic carbocycles. The molecule has 72 valence electrons. The summed E-state index contributed by atoms with van der Waals surface area (Å²) in [5.41, 5.74) is 0.438. The van der Waals surface area contributed by atoms with E-state index in [1.807, 2.05) is 0 Å². The van der Waals surface area contributed by atoms with Crippen LogP contribution in [0.4, 0.5) is 8.78 Å². The molecule has 0 unspecified atom stereocenters. The van der Waals surface area contributed by atoms with Crippen LogP contribution in [0.3, 0.4) is 0 Å². The largest absolute Gasteiger partial charge is 0.272 e. The van der Waals surface area contributed by atoms with Gasteiger partial charge in [-0.25, -0.2) is 8.78 Å². The van der Waals surface area contributed by atoms with Crippen molar-refractivity contribution in [1.29, 1.82) is 0 Å². The van der Waals surface area contributed by atoms with Gasteiger partial charge in [-0.15, -0.1) is 0 Å². The van der Waals surface area contributed by atoms with E-state index in [1.165, 1.54) is 6.07 Å². The number of benzene rings is 1. The molecule has 0 bridgehead atoms. The monoisotopic (exact) mass is 268 g/mol. The Bertz CT molecular complexity index is 307. The normalized spacial score (nSPS) is 11.8. The average molecular weight is 270 g/mol. The van der Waals surface area contributed by atoms with Gasteiger partial charge in [-0.05, 0) is 11.6 Å². The molecular formula is C9H8BrClF2. The van der Waals surface area contributed by atoms with Gasteiger partial charge in [0.15, 0.2) is 0 Å². The van der Waals surface area contributed by atoms with E-state index < -0.39 is 5.92 Å². The highest BCUT2D eigenvalue weighted by molar-refractivity contribution is 9.08. The summed E-state index contributed by atoms with van der Waals surface area (Å²) in [6.45, 7) is 0.848. The molecule has 0 aliphatic carbocycles. The van der Waals surface area contributed by atoms with Crippen molar-refractivity contribution in [2.24, 2.45) is 0 Å². The minimum Gasteiger partial charge on any atom is -0.202 e. The van der Waals surface area contributed by atoms with E-state index in [-0.39, 0.29) is 10.6 Å². The van der Waals surface area contributed by atoms with Crippen molar-refractivity contribution in [3.05, 3.63) is 34.3 Å². The SMILES string of the molecule is CC(F)(F)c1c(Cl)cccc1CBr. The van der Waals surface area contributed by atoms with Crippen LogP contribution in [0, 0.1) is 0 Å². The second-order valence-electron chi connectivity index (χ2n) is 2.80. The third-order valence-electron chi connectivity index (χ3n) is 1.68. The maximum Gasteiger partial charge on any atom is 0.272 e. The summed E-state index contributed by atoms with van der Waals surface area (Å²) in [5, 5.41) is 0.497. The molecule has 0 N–H and O–H groups in total. The molecule has 0 amide bonds. The fourth-order valence-electron chi connectivity index (χ4n) is 1.17. The molecule has 0 saturated heterocycles. The Hall–Kier alpha value is -0.150. The van der Waals surface area contributed by atoms with Gasteiger partial charge in [-0.2, -0.15) is 0 Å². The summed E-state index contributed by atoms with van der Waals surface area (Å²) in [7, 11) is 0.